The normalized spacial score (nSPS) is 9.43. The molecule has 3 heteroatoms. The highest BCUT2D eigenvalue weighted by Crippen LogP contribution is 1.89. The molecule has 2 radical (unpaired) electrons. The largest absolute Gasteiger partial charge is 0.432 e. The lowest BCUT2D eigenvalue weighted by molar-refractivity contribution is 0.593. The van der Waals surface area contributed by atoms with Gasteiger partial charge in [-0.15, -0.1) is 0 Å². The molecule has 2 nitrogen and oxygen atoms in total. The molecule has 0 aliphatic rings. The first kappa shape index (κ1) is 7.14. The summed E-state index contributed by atoms with van der Waals surface area (Å²) in [7, 11) is 0.112. The van der Waals surface area contributed by atoms with Crippen molar-refractivity contribution in [3.63, 3.8) is 0 Å². The van der Waals surface area contributed by atoms with Crippen LogP contribution in [0.3, 0.4) is 0 Å². The van der Waals surface area contributed by atoms with Crippen molar-refractivity contribution in [3.8, 4) is 0 Å². The summed E-state index contributed by atoms with van der Waals surface area (Å²) in [5.74, 6) is 0. The van der Waals surface area contributed by atoms with E-state index in [1.54, 1.807) is 0 Å². The van der Waals surface area contributed by atoms with Gasteiger partial charge in [0.2, 0.25) is 9.76 Å². The molecule has 0 aliphatic heterocycles. The fourth-order valence-corrected chi connectivity index (χ4v) is 0.757. The van der Waals surface area contributed by atoms with Gasteiger partial charge < -0.3 is 10.5 Å². The molecule has 0 saturated carbocycles. The zero-order valence-electron chi connectivity index (χ0n) is 4.35. The van der Waals surface area contributed by atoms with Gasteiger partial charge in [-0.05, 0) is 19.0 Å². The predicted octanol–water partition coefficient (Wildman–Crippen LogP) is -0.245. The molecule has 0 aliphatic carbocycles. The minimum Gasteiger partial charge on any atom is -0.432 e. The van der Waals surface area contributed by atoms with Crippen molar-refractivity contribution in [2.45, 2.75) is 18.9 Å². The molecule has 0 saturated heterocycles. The zero-order chi connectivity index (χ0) is 5.54. The second-order valence-electron chi connectivity index (χ2n) is 1.40. The molecular weight excluding hydrogens is 106 g/mol. The smallest absolute Gasteiger partial charge is 0.224 e. The molecule has 0 aromatic heterocycles. The van der Waals surface area contributed by atoms with Crippen molar-refractivity contribution in [3.05, 3.63) is 0 Å². The van der Waals surface area contributed by atoms with Crippen molar-refractivity contribution < 1.29 is 4.80 Å². The summed E-state index contributed by atoms with van der Waals surface area (Å²) in [5, 5.41) is 0. The van der Waals surface area contributed by atoms with Gasteiger partial charge in [0.05, 0.1) is 0 Å². The average Bonchev–Trinajstić information content (AvgIpc) is 1.69. The minimum atomic E-state index is 0.112. The van der Waals surface area contributed by atoms with E-state index in [4.69, 9.17) is 10.5 Å². The zero-order valence-corrected chi connectivity index (χ0v) is 5.35. The fourth-order valence-electron chi connectivity index (χ4n) is 0.348. The van der Waals surface area contributed by atoms with Gasteiger partial charge in [-0.1, -0.05) is 6.42 Å². The quantitative estimate of drug-likeness (QED) is 0.394. The van der Waals surface area contributed by atoms with E-state index < -0.39 is 0 Å². The van der Waals surface area contributed by atoms with Crippen LogP contribution in [0.4, 0.5) is 0 Å². The second-order valence-corrected chi connectivity index (χ2v) is 2.22. The molecule has 0 fully saturated rings. The molecule has 0 aromatic rings. The van der Waals surface area contributed by atoms with E-state index in [1.165, 1.54) is 0 Å². The van der Waals surface area contributed by atoms with Crippen LogP contribution >= 0.6 is 0 Å². The highest BCUT2D eigenvalue weighted by molar-refractivity contribution is 6.25. The number of hydrogen-bond donors (Lipinski definition) is 2. The molecule has 0 bridgehead atoms. The first-order chi connectivity index (χ1) is 3.41. The topological polar surface area (TPSA) is 46.2 Å². The summed E-state index contributed by atoms with van der Waals surface area (Å²) in [6.07, 6.45) is 2.12. The van der Waals surface area contributed by atoms with Crippen molar-refractivity contribution in [1.82, 2.24) is 0 Å². The van der Waals surface area contributed by atoms with E-state index in [0.29, 0.717) is 0 Å². The van der Waals surface area contributed by atoms with Gasteiger partial charge in [-0.25, -0.2) is 0 Å². The molecule has 0 atom stereocenters. The van der Waals surface area contributed by atoms with Crippen LogP contribution < -0.4 is 5.73 Å². The van der Waals surface area contributed by atoms with E-state index in [1.807, 2.05) is 0 Å². The van der Waals surface area contributed by atoms with Gasteiger partial charge in [0, 0.05) is 0 Å². The maximum Gasteiger partial charge on any atom is 0.224 e. The summed E-state index contributed by atoms with van der Waals surface area (Å²) in [6.45, 7) is 0.754. The Balaban J connectivity index is 2.45. The Morgan fingerprint density at radius 3 is 2.57 bits per heavy atom. The van der Waals surface area contributed by atoms with Gasteiger partial charge in [-0.3, -0.25) is 0 Å². The van der Waals surface area contributed by atoms with Crippen molar-refractivity contribution in [2.75, 3.05) is 6.54 Å². The van der Waals surface area contributed by atoms with Gasteiger partial charge in [0.1, 0.15) is 0 Å². The molecule has 0 spiro atoms. The number of hydrogen-bond acceptors (Lipinski definition) is 2. The van der Waals surface area contributed by atoms with Crippen LogP contribution in [0, 0.1) is 0 Å². The highest BCUT2D eigenvalue weighted by atomic mass is 28.2. The van der Waals surface area contributed by atoms with Crippen molar-refractivity contribution in [2.24, 2.45) is 5.73 Å². The molecular formula is C4H11NOSi. The van der Waals surface area contributed by atoms with Crippen LogP contribution in [0.15, 0.2) is 0 Å². The van der Waals surface area contributed by atoms with Crippen LogP contribution in [0.1, 0.15) is 12.8 Å². The van der Waals surface area contributed by atoms with Crippen LogP contribution in [0.25, 0.3) is 0 Å². The molecule has 0 rings (SSSR count). The van der Waals surface area contributed by atoms with Crippen LogP contribution in [0.5, 0.6) is 0 Å². The fraction of sp³-hybridized carbons (Fsp3) is 1.00. The average molecular weight is 117 g/mol. The Morgan fingerprint density at radius 1 is 1.43 bits per heavy atom. The third-order valence-corrected chi connectivity index (χ3v) is 1.32. The molecule has 0 heterocycles. The van der Waals surface area contributed by atoms with Crippen molar-refractivity contribution in [1.29, 1.82) is 0 Å². The summed E-state index contributed by atoms with van der Waals surface area (Å²) in [5.41, 5.74) is 5.19. The third kappa shape index (κ3) is 6.14. The number of rotatable bonds is 4. The lowest BCUT2D eigenvalue weighted by Gasteiger charge is -1.89. The molecule has 0 unspecified atom stereocenters. The number of nitrogens with two attached hydrogens (primary N) is 1. The van der Waals surface area contributed by atoms with Crippen molar-refractivity contribution >= 4 is 9.76 Å². The number of unbranched alkanes of at least 4 members (excludes halogenated alkanes) is 1. The first-order valence-electron chi connectivity index (χ1n) is 2.49. The highest BCUT2D eigenvalue weighted by Gasteiger charge is 1.83. The summed E-state index contributed by atoms with van der Waals surface area (Å²) < 4.78 is 0. The second kappa shape index (κ2) is 6.14. The van der Waals surface area contributed by atoms with Gasteiger partial charge >= 0.3 is 0 Å². The van der Waals surface area contributed by atoms with E-state index in [2.05, 4.69) is 0 Å². The summed E-state index contributed by atoms with van der Waals surface area (Å²) >= 11 is 0. The first-order valence-corrected chi connectivity index (χ1v) is 3.64. The Hall–Kier alpha value is 0.137. The Bertz CT molecular complexity index is 30.9. The van der Waals surface area contributed by atoms with Crippen LogP contribution in [-0.4, -0.2) is 21.1 Å². The maximum absolute atomic E-state index is 8.28. The van der Waals surface area contributed by atoms with E-state index in [-0.39, 0.29) is 9.76 Å². The Labute approximate surface area is 46.7 Å². The Morgan fingerprint density at radius 2 is 2.14 bits per heavy atom. The lowest BCUT2D eigenvalue weighted by atomic mass is 10.3. The SMILES string of the molecule is NCCCC[Si]O. The molecule has 0 amide bonds. The van der Waals surface area contributed by atoms with Crippen LogP contribution in [0.2, 0.25) is 6.04 Å². The summed E-state index contributed by atoms with van der Waals surface area (Å²) in [4.78, 5) is 8.28. The van der Waals surface area contributed by atoms with E-state index in [0.717, 1.165) is 25.4 Å². The van der Waals surface area contributed by atoms with E-state index in [9.17, 15) is 0 Å². The molecule has 7 heavy (non-hydrogen) atoms. The monoisotopic (exact) mass is 117 g/mol. The Kier molecular flexibility index (Phi) is 6.26. The van der Waals surface area contributed by atoms with Gasteiger partial charge in [0.15, 0.2) is 0 Å². The predicted molar refractivity (Wildman–Crippen MR) is 31.1 cm³/mol. The summed E-state index contributed by atoms with van der Waals surface area (Å²) in [6, 6.07) is 0.928. The minimum absolute atomic E-state index is 0.112. The lowest BCUT2D eigenvalue weighted by Crippen LogP contribution is -1.98. The molecule has 42 valence electrons. The van der Waals surface area contributed by atoms with Gasteiger partial charge in [0.25, 0.3) is 0 Å². The molecule has 3 N–H and O–H groups in total. The standard InChI is InChI=1S/C4H11NOSi/c5-3-1-2-4-7-6/h6H,1-5H2. The van der Waals surface area contributed by atoms with Gasteiger partial charge in [-0.2, -0.15) is 0 Å². The van der Waals surface area contributed by atoms with Crippen LogP contribution in [-0.2, 0) is 0 Å². The molecule has 0 aromatic carbocycles. The van der Waals surface area contributed by atoms with E-state index >= 15 is 0 Å². The third-order valence-electron chi connectivity index (χ3n) is 0.743. The maximum atomic E-state index is 8.28.